The fourth-order valence-corrected chi connectivity index (χ4v) is 1.66. The molecule has 1 fully saturated rings. The van der Waals surface area contributed by atoms with Gasteiger partial charge in [-0.3, -0.25) is 0 Å². The molecule has 0 spiro atoms. The third kappa shape index (κ3) is 4.92. The van der Waals surface area contributed by atoms with E-state index < -0.39 is 12.1 Å². The van der Waals surface area contributed by atoms with E-state index in [2.05, 4.69) is 0 Å². The van der Waals surface area contributed by atoms with Gasteiger partial charge in [-0.1, -0.05) is 0 Å². The second-order valence-electron chi connectivity index (χ2n) is 3.78. The molecule has 0 aromatic carbocycles. The molecule has 16 heavy (non-hydrogen) atoms. The van der Waals surface area contributed by atoms with Crippen LogP contribution in [0.3, 0.4) is 0 Å². The summed E-state index contributed by atoms with van der Waals surface area (Å²) in [5.41, 5.74) is 0. The number of ether oxygens (including phenoxy) is 3. The number of hydrogen-bond donors (Lipinski definition) is 1. The minimum atomic E-state index is -0.928. The first-order valence-corrected chi connectivity index (χ1v) is 5.77. The number of rotatable bonds is 8. The maximum Gasteiger partial charge on any atom is 0.332 e. The lowest BCUT2D eigenvalue weighted by Crippen LogP contribution is -2.26. The Bertz CT molecular complexity index is 201. The molecule has 5 heteroatoms. The van der Waals surface area contributed by atoms with Crippen LogP contribution in [-0.4, -0.2) is 49.7 Å². The van der Waals surface area contributed by atoms with Gasteiger partial charge in [0, 0.05) is 26.2 Å². The Morgan fingerprint density at radius 3 is 3.00 bits per heavy atom. The molecule has 1 heterocycles. The quantitative estimate of drug-likeness (QED) is 0.634. The van der Waals surface area contributed by atoms with Gasteiger partial charge in [0.15, 0.2) is 6.10 Å². The molecule has 1 saturated heterocycles. The van der Waals surface area contributed by atoms with Gasteiger partial charge in [0.1, 0.15) is 0 Å². The minimum absolute atomic E-state index is 0.190. The monoisotopic (exact) mass is 232 g/mol. The zero-order chi connectivity index (χ0) is 11.8. The van der Waals surface area contributed by atoms with Crippen molar-refractivity contribution in [1.29, 1.82) is 0 Å². The lowest BCUT2D eigenvalue weighted by Gasteiger charge is -2.14. The highest BCUT2D eigenvalue weighted by atomic mass is 16.5. The summed E-state index contributed by atoms with van der Waals surface area (Å²) < 4.78 is 15.8. The maximum absolute atomic E-state index is 10.7. The van der Waals surface area contributed by atoms with Crippen molar-refractivity contribution in [1.82, 2.24) is 0 Å². The number of carboxylic acid groups (broad SMARTS) is 1. The lowest BCUT2D eigenvalue weighted by atomic mass is 10.2. The molecule has 1 N–H and O–H groups in total. The summed E-state index contributed by atoms with van der Waals surface area (Å²) in [7, 11) is 0. The number of aliphatic carboxylic acids is 1. The first-order valence-electron chi connectivity index (χ1n) is 5.77. The summed E-state index contributed by atoms with van der Waals surface area (Å²) in [5, 5.41) is 8.81. The summed E-state index contributed by atoms with van der Waals surface area (Å²) >= 11 is 0. The normalized spacial score (nSPS) is 22.2. The van der Waals surface area contributed by atoms with Gasteiger partial charge >= 0.3 is 5.97 Å². The Morgan fingerprint density at radius 2 is 2.44 bits per heavy atom. The van der Waals surface area contributed by atoms with Gasteiger partial charge < -0.3 is 19.3 Å². The lowest BCUT2D eigenvalue weighted by molar-refractivity contribution is -0.151. The van der Waals surface area contributed by atoms with E-state index in [4.69, 9.17) is 19.3 Å². The highest BCUT2D eigenvalue weighted by Crippen LogP contribution is 2.12. The van der Waals surface area contributed by atoms with E-state index in [0.717, 1.165) is 19.4 Å². The first-order chi connectivity index (χ1) is 7.74. The molecule has 0 aromatic rings. The average Bonchev–Trinajstić information content (AvgIpc) is 2.75. The third-order valence-electron chi connectivity index (χ3n) is 2.50. The van der Waals surface area contributed by atoms with Gasteiger partial charge in [-0.05, 0) is 19.8 Å². The van der Waals surface area contributed by atoms with Crippen molar-refractivity contribution in [3.8, 4) is 0 Å². The van der Waals surface area contributed by atoms with Crippen molar-refractivity contribution < 1.29 is 24.1 Å². The number of carbonyl (C=O) groups is 1. The molecule has 0 bridgehead atoms. The van der Waals surface area contributed by atoms with Crippen LogP contribution in [0.25, 0.3) is 0 Å². The second kappa shape index (κ2) is 7.60. The predicted molar refractivity (Wildman–Crippen MR) is 57.5 cm³/mol. The molecule has 0 aliphatic carbocycles. The van der Waals surface area contributed by atoms with Crippen LogP contribution < -0.4 is 0 Å². The Hall–Kier alpha value is -0.650. The van der Waals surface area contributed by atoms with Crippen LogP contribution in [0.4, 0.5) is 0 Å². The molecule has 5 nitrogen and oxygen atoms in total. The molecular weight excluding hydrogens is 212 g/mol. The van der Waals surface area contributed by atoms with Crippen LogP contribution in [-0.2, 0) is 19.0 Å². The Balaban J connectivity index is 2.05. The summed E-state index contributed by atoms with van der Waals surface area (Å²) in [6.07, 6.45) is 1.94. The van der Waals surface area contributed by atoms with Crippen LogP contribution in [0.1, 0.15) is 26.2 Å². The Labute approximate surface area is 95.7 Å². The highest BCUT2D eigenvalue weighted by Gasteiger charge is 2.18. The summed E-state index contributed by atoms with van der Waals surface area (Å²) in [5.74, 6) is -0.928. The van der Waals surface area contributed by atoms with Gasteiger partial charge in [-0.25, -0.2) is 4.79 Å². The van der Waals surface area contributed by atoms with E-state index >= 15 is 0 Å². The van der Waals surface area contributed by atoms with Gasteiger partial charge in [0.25, 0.3) is 0 Å². The fourth-order valence-electron chi connectivity index (χ4n) is 1.66. The molecule has 2 unspecified atom stereocenters. The molecular formula is C11H20O5. The van der Waals surface area contributed by atoms with Crippen LogP contribution in [0, 0.1) is 0 Å². The average molecular weight is 232 g/mol. The molecule has 0 amide bonds. The zero-order valence-electron chi connectivity index (χ0n) is 9.68. The standard InChI is InChI=1S/C11H20O5/c1-2-15-10(11(12)13)5-7-14-8-9-4-3-6-16-9/h9-10H,2-8H2,1H3,(H,12,13). The van der Waals surface area contributed by atoms with Crippen molar-refractivity contribution >= 4 is 5.97 Å². The van der Waals surface area contributed by atoms with Crippen molar-refractivity contribution in [2.75, 3.05) is 26.4 Å². The van der Waals surface area contributed by atoms with Crippen LogP contribution in [0.15, 0.2) is 0 Å². The summed E-state index contributed by atoms with van der Waals surface area (Å²) in [6, 6.07) is 0. The van der Waals surface area contributed by atoms with Gasteiger partial charge in [-0.2, -0.15) is 0 Å². The zero-order valence-corrected chi connectivity index (χ0v) is 9.68. The molecule has 0 radical (unpaired) electrons. The topological polar surface area (TPSA) is 65.0 Å². The van der Waals surface area contributed by atoms with Gasteiger partial charge in [0.05, 0.1) is 12.7 Å². The highest BCUT2D eigenvalue weighted by molar-refractivity contribution is 5.72. The molecule has 0 saturated carbocycles. The van der Waals surface area contributed by atoms with Gasteiger partial charge in [-0.15, -0.1) is 0 Å². The molecule has 1 aliphatic heterocycles. The van der Waals surface area contributed by atoms with Crippen LogP contribution >= 0.6 is 0 Å². The van der Waals surface area contributed by atoms with Crippen molar-refractivity contribution in [2.24, 2.45) is 0 Å². The molecule has 0 aromatic heterocycles. The molecule has 1 rings (SSSR count). The number of hydrogen-bond acceptors (Lipinski definition) is 4. The Kier molecular flexibility index (Phi) is 6.37. The largest absolute Gasteiger partial charge is 0.479 e. The SMILES string of the molecule is CCOC(CCOCC1CCCO1)C(=O)O. The van der Waals surface area contributed by atoms with Crippen molar-refractivity contribution in [3.63, 3.8) is 0 Å². The van der Waals surface area contributed by atoms with E-state index in [1.54, 1.807) is 6.92 Å². The second-order valence-corrected chi connectivity index (χ2v) is 3.78. The van der Waals surface area contributed by atoms with Crippen molar-refractivity contribution in [3.05, 3.63) is 0 Å². The fraction of sp³-hybridized carbons (Fsp3) is 0.909. The van der Waals surface area contributed by atoms with E-state index in [9.17, 15) is 4.79 Å². The third-order valence-corrected chi connectivity index (χ3v) is 2.50. The van der Waals surface area contributed by atoms with E-state index in [1.807, 2.05) is 0 Å². The molecule has 1 aliphatic rings. The predicted octanol–water partition coefficient (Wildman–Crippen LogP) is 1.06. The molecule has 94 valence electrons. The van der Waals surface area contributed by atoms with E-state index in [0.29, 0.717) is 26.2 Å². The smallest absolute Gasteiger partial charge is 0.332 e. The van der Waals surface area contributed by atoms with Crippen LogP contribution in [0.2, 0.25) is 0 Å². The summed E-state index contributed by atoms with van der Waals surface area (Å²) in [6.45, 7) is 3.95. The first kappa shape index (κ1) is 13.4. The van der Waals surface area contributed by atoms with E-state index in [-0.39, 0.29) is 6.10 Å². The number of carboxylic acids is 1. The van der Waals surface area contributed by atoms with Crippen molar-refractivity contribution in [2.45, 2.75) is 38.4 Å². The van der Waals surface area contributed by atoms with E-state index in [1.165, 1.54) is 0 Å². The maximum atomic E-state index is 10.7. The summed E-state index contributed by atoms with van der Waals surface area (Å²) in [4.78, 5) is 10.7. The Morgan fingerprint density at radius 1 is 1.62 bits per heavy atom. The minimum Gasteiger partial charge on any atom is -0.479 e. The van der Waals surface area contributed by atoms with Gasteiger partial charge in [0.2, 0.25) is 0 Å². The van der Waals surface area contributed by atoms with Crippen LogP contribution in [0.5, 0.6) is 0 Å². The molecule has 2 atom stereocenters.